The summed E-state index contributed by atoms with van der Waals surface area (Å²) in [4.78, 5) is 2.43. The first-order valence-corrected chi connectivity index (χ1v) is 7.76. The summed E-state index contributed by atoms with van der Waals surface area (Å²) in [7, 11) is 3.89. The molecule has 2 fully saturated rings. The van der Waals surface area contributed by atoms with Gasteiger partial charge in [0.2, 0.25) is 0 Å². The van der Waals surface area contributed by atoms with Crippen LogP contribution in [0.15, 0.2) is 18.2 Å². The van der Waals surface area contributed by atoms with Crippen molar-refractivity contribution in [2.75, 3.05) is 26.4 Å². The molecular formula is C17H26N2O. The third-order valence-corrected chi connectivity index (χ3v) is 5.22. The minimum Gasteiger partial charge on any atom is -0.497 e. The minimum atomic E-state index is 0.835. The topological polar surface area (TPSA) is 38.5 Å². The van der Waals surface area contributed by atoms with E-state index in [9.17, 15) is 0 Å². The van der Waals surface area contributed by atoms with Gasteiger partial charge in [-0.05, 0) is 55.7 Å². The summed E-state index contributed by atoms with van der Waals surface area (Å²) in [5, 5.41) is 0. The number of nitrogens with zero attached hydrogens (tertiary/aromatic N) is 1. The largest absolute Gasteiger partial charge is 0.497 e. The van der Waals surface area contributed by atoms with Crippen LogP contribution in [0.4, 0.5) is 5.69 Å². The molecule has 2 aliphatic carbocycles. The van der Waals surface area contributed by atoms with E-state index in [0.29, 0.717) is 0 Å². The first kappa shape index (κ1) is 13.7. The minimum absolute atomic E-state index is 0.835. The summed E-state index contributed by atoms with van der Waals surface area (Å²) < 4.78 is 5.20. The molecule has 3 rings (SSSR count). The van der Waals surface area contributed by atoms with Gasteiger partial charge in [-0.3, -0.25) is 0 Å². The monoisotopic (exact) mass is 274 g/mol. The maximum absolute atomic E-state index is 6.11. The zero-order valence-corrected chi connectivity index (χ0v) is 12.6. The van der Waals surface area contributed by atoms with Gasteiger partial charge in [0, 0.05) is 24.8 Å². The van der Waals surface area contributed by atoms with Gasteiger partial charge in [-0.25, -0.2) is 0 Å². The number of nitrogen functional groups attached to an aromatic ring is 1. The molecule has 2 bridgehead atoms. The summed E-state index contributed by atoms with van der Waals surface area (Å²) >= 11 is 0. The van der Waals surface area contributed by atoms with E-state index in [4.69, 9.17) is 10.5 Å². The van der Waals surface area contributed by atoms with E-state index < -0.39 is 0 Å². The molecule has 0 radical (unpaired) electrons. The van der Waals surface area contributed by atoms with Crippen LogP contribution in [-0.2, 0) is 6.54 Å². The zero-order valence-electron chi connectivity index (χ0n) is 12.6. The number of hydrogen-bond donors (Lipinski definition) is 1. The van der Waals surface area contributed by atoms with Crippen LogP contribution in [0, 0.1) is 17.8 Å². The van der Waals surface area contributed by atoms with Gasteiger partial charge in [-0.1, -0.05) is 12.5 Å². The van der Waals surface area contributed by atoms with Gasteiger partial charge >= 0.3 is 0 Å². The molecule has 110 valence electrons. The first-order chi connectivity index (χ1) is 9.65. The highest BCUT2D eigenvalue weighted by atomic mass is 16.5. The normalized spacial score (nSPS) is 28.2. The number of benzene rings is 1. The van der Waals surface area contributed by atoms with Crippen molar-refractivity contribution in [3.63, 3.8) is 0 Å². The van der Waals surface area contributed by atoms with Crippen LogP contribution in [0.2, 0.25) is 0 Å². The van der Waals surface area contributed by atoms with Crippen LogP contribution in [0.3, 0.4) is 0 Å². The van der Waals surface area contributed by atoms with Crippen molar-refractivity contribution in [2.45, 2.75) is 32.2 Å². The Morgan fingerprint density at radius 2 is 2.15 bits per heavy atom. The lowest BCUT2D eigenvalue weighted by Crippen LogP contribution is -2.28. The average molecular weight is 274 g/mol. The Labute approximate surface area is 122 Å². The quantitative estimate of drug-likeness (QED) is 0.838. The molecule has 3 atom stereocenters. The van der Waals surface area contributed by atoms with E-state index >= 15 is 0 Å². The van der Waals surface area contributed by atoms with E-state index in [1.54, 1.807) is 7.11 Å². The molecule has 2 aliphatic rings. The second-order valence-corrected chi connectivity index (χ2v) is 6.70. The number of anilines is 1. The Kier molecular flexibility index (Phi) is 3.88. The van der Waals surface area contributed by atoms with Crippen molar-refractivity contribution in [3.8, 4) is 5.75 Å². The van der Waals surface area contributed by atoms with Crippen LogP contribution >= 0.6 is 0 Å². The van der Waals surface area contributed by atoms with Gasteiger partial charge in [0.15, 0.2) is 0 Å². The van der Waals surface area contributed by atoms with Crippen LogP contribution in [0.5, 0.6) is 5.75 Å². The van der Waals surface area contributed by atoms with Gasteiger partial charge < -0.3 is 15.4 Å². The van der Waals surface area contributed by atoms with Crippen molar-refractivity contribution in [2.24, 2.45) is 17.8 Å². The molecule has 3 heteroatoms. The molecule has 0 amide bonds. The Morgan fingerprint density at radius 3 is 2.75 bits per heavy atom. The lowest BCUT2D eigenvalue weighted by atomic mass is 9.88. The Hall–Kier alpha value is -1.22. The molecule has 2 saturated carbocycles. The molecule has 0 aliphatic heterocycles. The second kappa shape index (κ2) is 5.65. The number of rotatable bonds is 5. The molecule has 0 spiro atoms. The Morgan fingerprint density at radius 1 is 1.30 bits per heavy atom. The summed E-state index contributed by atoms with van der Waals surface area (Å²) in [6, 6.07) is 6.00. The highest BCUT2D eigenvalue weighted by molar-refractivity contribution is 5.51. The van der Waals surface area contributed by atoms with Crippen molar-refractivity contribution < 1.29 is 4.74 Å². The van der Waals surface area contributed by atoms with Crippen molar-refractivity contribution in [1.82, 2.24) is 4.90 Å². The van der Waals surface area contributed by atoms with Crippen molar-refractivity contribution in [1.29, 1.82) is 0 Å². The summed E-state index contributed by atoms with van der Waals surface area (Å²) in [5.41, 5.74) is 8.15. The number of hydrogen-bond acceptors (Lipinski definition) is 3. The van der Waals surface area contributed by atoms with Gasteiger partial charge in [0.25, 0.3) is 0 Å². The van der Waals surface area contributed by atoms with Crippen LogP contribution in [0.1, 0.15) is 31.2 Å². The summed E-state index contributed by atoms with van der Waals surface area (Å²) in [6.45, 7) is 2.15. The fourth-order valence-corrected chi connectivity index (χ4v) is 4.20. The number of ether oxygens (including phenoxy) is 1. The van der Waals surface area contributed by atoms with Gasteiger partial charge in [-0.2, -0.15) is 0 Å². The number of methoxy groups -OCH3 is 1. The molecule has 2 N–H and O–H groups in total. The van der Waals surface area contributed by atoms with E-state index in [1.807, 2.05) is 12.1 Å². The smallest absolute Gasteiger partial charge is 0.120 e. The predicted octanol–water partition coefficient (Wildman–Crippen LogP) is 3.15. The molecule has 0 saturated heterocycles. The molecule has 3 unspecified atom stereocenters. The molecule has 20 heavy (non-hydrogen) atoms. The summed E-state index contributed by atoms with van der Waals surface area (Å²) in [6.07, 6.45) is 5.89. The standard InChI is InChI=1S/C17H26N2O/c1-19(11-15-8-12-3-4-13(15)7-12)10-14-5-6-16(20-2)9-17(14)18/h5-6,9,12-13,15H,3-4,7-8,10-11,18H2,1-2H3. The zero-order chi connectivity index (χ0) is 14.1. The highest BCUT2D eigenvalue weighted by Gasteiger charge is 2.39. The third-order valence-electron chi connectivity index (χ3n) is 5.22. The van der Waals surface area contributed by atoms with Crippen molar-refractivity contribution in [3.05, 3.63) is 23.8 Å². The van der Waals surface area contributed by atoms with Crippen molar-refractivity contribution >= 4 is 5.69 Å². The average Bonchev–Trinajstić information content (AvgIpc) is 3.03. The molecule has 0 heterocycles. The van der Waals surface area contributed by atoms with Crippen LogP contribution in [-0.4, -0.2) is 25.6 Å². The third kappa shape index (κ3) is 2.78. The maximum atomic E-state index is 6.11. The van der Waals surface area contributed by atoms with Gasteiger partial charge in [0.1, 0.15) is 5.75 Å². The SMILES string of the molecule is COc1ccc(CN(C)CC2CC3CCC2C3)c(N)c1. The molecule has 1 aromatic carbocycles. The van der Waals surface area contributed by atoms with E-state index in [1.165, 1.54) is 37.8 Å². The Balaban J connectivity index is 1.57. The van der Waals surface area contributed by atoms with Crippen LogP contribution in [0.25, 0.3) is 0 Å². The van der Waals surface area contributed by atoms with Gasteiger partial charge in [0.05, 0.1) is 7.11 Å². The van der Waals surface area contributed by atoms with E-state index in [-0.39, 0.29) is 0 Å². The summed E-state index contributed by atoms with van der Waals surface area (Å²) in [5.74, 6) is 3.78. The first-order valence-electron chi connectivity index (χ1n) is 7.76. The lowest BCUT2D eigenvalue weighted by molar-refractivity contribution is 0.215. The number of nitrogens with two attached hydrogens (primary N) is 1. The second-order valence-electron chi connectivity index (χ2n) is 6.70. The molecule has 0 aromatic heterocycles. The highest BCUT2D eigenvalue weighted by Crippen LogP contribution is 2.48. The van der Waals surface area contributed by atoms with Gasteiger partial charge in [-0.15, -0.1) is 0 Å². The molecule has 3 nitrogen and oxygen atoms in total. The van der Waals surface area contributed by atoms with E-state index in [2.05, 4.69) is 18.0 Å². The fraction of sp³-hybridized carbons (Fsp3) is 0.647. The lowest BCUT2D eigenvalue weighted by Gasteiger charge is -2.27. The molecule has 1 aromatic rings. The Bertz CT molecular complexity index is 474. The fourth-order valence-electron chi connectivity index (χ4n) is 4.20. The van der Waals surface area contributed by atoms with E-state index in [0.717, 1.165) is 35.7 Å². The molecular weight excluding hydrogens is 248 g/mol. The maximum Gasteiger partial charge on any atom is 0.120 e. The van der Waals surface area contributed by atoms with Crippen LogP contribution < -0.4 is 10.5 Å². The predicted molar refractivity (Wildman–Crippen MR) is 82.7 cm³/mol. The number of fused-ring (bicyclic) bond motifs is 2.